The fourth-order valence-corrected chi connectivity index (χ4v) is 3.57. The lowest BCUT2D eigenvalue weighted by molar-refractivity contribution is -0.162. The van der Waals surface area contributed by atoms with Crippen LogP contribution in [0.25, 0.3) is 0 Å². The Morgan fingerprint density at radius 2 is 1.73 bits per heavy atom. The molecule has 2 atom stereocenters. The molecule has 1 aromatic heterocycles. The molecule has 1 heterocycles. The van der Waals surface area contributed by atoms with Crippen LogP contribution in [0.2, 0.25) is 0 Å². The molecule has 0 fully saturated rings. The van der Waals surface area contributed by atoms with Crippen LogP contribution in [0.15, 0.2) is 42.7 Å². The van der Waals surface area contributed by atoms with E-state index in [1.807, 2.05) is 5.32 Å². The van der Waals surface area contributed by atoms with Crippen molar-refractivity contribution in [2.24, 2.45) is 0 Å². The van der Waals surface area contributed by atoms with Crippen LogP contribution >= 0.6 is 11.8 Å². The Morgan fingerprint density at radius 3 is 2.27 bits per heavy atom. The summed E-state index contributed by atoms with van der Waals surface area (Å²) in [5, 5.41) is 11.2. The zero-order chi connectivity index (χ0) is 22.5. The molecule has 0 amide bonds. The van der Waals surface area contributed by atoms with Crippen molar-refractivity contribution in [1.29, 1.82) is 0 Å². The van der Waals surface area contributed by atoms with E-state index in [0.29, 0.717) is 11.8 Å². The van der Waals surface area contributed by atoms with Crippen LogP contribution < -0.4 is 5.32 Å². The Morgan fingerprint density at radius 1 is 1.10 bits per heavy atom. The van der Waals surface area contributed by atoms with Gasteiger partial charge in [-0.05, 0) is 29.3 Å². The summed E-state index contributed by atoms with van der Waals surface area (Å²) in [5.41, 5.74) is -1.57. The number of benzene rings is 1. The van der Waals surface area contributed by atoms with Crippen molar-refractivity contribution >= 4 is 17.7 Å². The first kappa shape index (κ1) is 23.9. The lowest BCUT2D eigenvalue weighted by Crippen LogP contribution is -2.46. The summed E-state index contributed by atoms with van der Waals surface area (Å²) in [4.78, 5) is 15.0. The predicted octanol–water partition coefficient (Wildman–Crippen LogP) is 4.82. The molecule has 0 bridgehead atoms. The maximum absolute atomic E-state index is 13.4. The van der Waals surface area contributed by atoms with Crippen molar-refractivity contribution in [2.45, 2.75) is 30.2 Å². The van der Waals surface area contributed by atoms with Crippen molar-refractivity contribution in [3.05, 3.63) is 65.2 Å². The maximum atomic E-state index is 13.4. The number of halogens is 7. The topological polar surface area (TPSA) is 62.2 Å². The highest BCUT2D eigenvalue weighted by Crippen LogP contribution is 2.35. The van der Waals surface area contributed by atoms with E-state index in [0.717, 1.165) is 42.7 Å². The Balaban J connectivity index is 2.12. The standard InChI is InChI=1S/C18H15F7N2O2S/c19-12-3-1-10(2-4-12)15(18(23,24)25)27-14(16(28)29)9-30-8-11-7-26-6-5-13(11)17(20,21)22/h1-7,14-15,27H,8-9H2,(H,28,29)/t14-,15-/m0/s1. The number of nitrogens with zero attached hydrogens (tertiary/aromatic N) is 1. The van der Waals surface area contributed by atoms with Gasteiger partial charge in [-0.25, -0.2) is 4.39 Å². The van der Waals surface area contributed by atoms with Crippen LogP contribution in [0.3, 0.4) is 0 Å². The molecule has 0 saturated heterocycles. The van der Waals surface area contributed by atoms with E-state index < -0.39 is 53.1 Å². The summed E-state index contributed by atoms with van der Waals surface area (Å²) in [6.45, 7) is 0. The molecule has 0 unspecified atom stereocenters. The van der Waals surface area contributed by atoms with Crippen LogP contribution in [0, 0.1) is 5.82 Å². The number of hydrogen-bond acceptors (Lipinski definition) is 4. The molecule has 2 aromatic rings. The molecule has 0 radical (unpaired) electrons. The minimum Gasteiger partial charge on any atom is -0.480 e. The average Bonchev–Trinajstić information content (AvgIpc) is 2.64. The first-order chi connectivity index (χ1) is 13.9. The number of aromatic nitrogens is 1. The molecular weight excluding hydrogens is 441 g/mol. The molecule has 0 saturated carbocycles. The van der Waals surface area contributed by atoms with E-state index in [-0.39, 0.29) is 11.3 Å². The third-order valence-corrected chi connectivity index (χ3v) is 5.03. The minimum absolute atomic E-state index is 0.218. The number of carbonyl (C=O) groups is 1. The highest BCUT2D eigenvalue weighted by molar-refractivity contribution is 7.98. The van der Waals surface area contributed by atoms with E-state index in [2.05, 4.69) is 4.98 Å². The molecule has 0 aliphatic rings. The molecule has 0 spiro atoms. The number of thioether (sulfide) groups is 1. The molecular formula is C18H15F7N2O2S. The molecule has 0 aliphatic heterocycles. The van der Waals surface area contributed by atoms with Gasteiger partial charge in [0, 0.05) is 23.9 Å². The summed E-state index contributed by atoms with van der Waals surface area (Å²) >= 11 is 0.713. The van der Waals surface area contributed by atoms with Gasteiger partial charge in [-0.15, -0.1) is 0 Å². The summed E-state index contributed by atoms with van der Waals surface area (Å²) < 4.78 is 92.2. The van der Waals surface area contributed by atoms with E-state index in [1.54, 1.807) is 0 Å². The summed E-state index contributed by atoms with van der Waals surface area (Å²) in [6, 6.07) is -0.00316. The van der Waals surface area contributed by atoms with Crippen LogP contribution in [0.1, 0.15) is 22.7 Å². The van der Waals surface area contributed by atoms with Crippen molar-refractivity contribution < 1.29 is 40.6 Å². The van der Waals surface area contributed by atoms with Gasteiger partial charge in [0.15, 0.2) is 0 Å². The molecule has 2 N–H and O–H groups in total. The number of carboxylic acid groups (broad SMARTS) is 1. The number of rotatable bonds is 8. The van der Waals surface area contributed by atoms with Crippen molar-refractivity contribution in [1.82, 2.24) is 10.3 Å². The molecule has 4 nitrogen and oxygen atoms in total. The lowest BCUT2D eigenvalue weighted by Gasteiger charge is -2.26. The largest absolute Gasteiger partial charge is 0.480 e. The fourth-order valence-electron chi connectivity index (χ4n) is 2.53. The van der Waals surface area contributed by atoms with Gasteiger partial charge in [0.2, 0.25) is 0 Å². The number of pyridine rings is 1. The van der Waals surface area contributed by atoms with Gasteiger partial charge >= 0.3 is 18.3 Å². The SMILES string of the molecule is O=C(O)[C@H](CSCc1cnccc1C(F)(F)F)N[C@@H](c1ccc(F)cc1)C(F)(F)F. The number of nitrogens with one attached hydrogen (secondary N) is 1. The van der Waals surface area contributed by atoms with E-state index >= 15 is 0 Å². The molecule has 164 valence electrons. The summed E-state index contributed by atoms with van der Waals surface area (Å²) in [5.74, 6) is -3.13. The zero-order valence-corrected chi connectivity index (χ0v) is 15.8. The second-order valence-electron chi connectivity index (χ2n) is 6.13. The maximum Gasteiger partial charge on any atom is 0.416 e. The second kappa shape index (κ2) is 9.65. The Labute approximate surface area is 170 Å². The second-order valence-corrected chi connectivity index (χ2v) is 7.16. The van der Waals surface area contributed by atoms with Crippen molar-refractivity contribution in [2.75, 3.05) is 5.75 Å². The Hall–Kier alpha value is -2.34. The minimum atomic E-state index is -4.89. The summed E-state index contributed by atoms with van der Waals surface area (Å²) in [7, 11) is 0. The van der Waals surface area contributed by atoms with Crippen molar-refractivity contribution in [3.8, 4) is 0 Å². The quantitative estimate of drug-likeness (QED) is 0.558. The van der Waals surface area contributed by atoms with Gasteiger partial charge in [0.05, 0.1) is 5.56 Å². The van der Waals surface area contributed by atoms with Gasteiger partial charge in [-0.3, -0.25) is 15.1 Å². The van der Waals surface area contributed by atoms with Gasteiger partial charge < -0.3 is 5.11 Å². The van der Waals surface area contributed by atoms with Crippen LogP contribution in [-0.4, -0.2) is 34.0 Å². The van der Waals surface area contributed by atoms with Crippen LogP contribution in [-0.2, 0) is 16.7 Å². The molecule has 1 aromatic carbocycles. The zero-order valence-electron chi connectivity index (χ0n) is 15.0. The first-order valence-corrected chi connectivity index (χ1v) is 9.44. The third-order valence-electron chi connectivity index (χ3n) is 3.95. The molecule has 30 heavy (non-hydrogen) atoms. The molecule has 2 rings (SSSR count). The van der Waals surface area contributed by atoms with Gasteiger partial charge in [-0.1, -0.05) is 12.1 Å². The first-order valence-electron chi connectivity index (χ1n) is 8.28. The predicted molar refractivity (Wildman–Crippen MR) is 95.2 cm³/mol. The monoisotopic (exact) mass is 456 g/mol. The molecule has 0 aliphatic carbocycles. The number of alkyl halides is 6. The highest BCUT2D eigenvalue weighted by Gasteiger charge is 2.43. The van der Waals surface area contributed by atoms with Gasteiger partial charge in [0.1, 0.15) is 17.9 Å². The van der Waals surface area contributed by atoms with Crippen LogP contribution in [0.5, 0.6) is 0 Å². The van der Waals surface area contributed by atoms with Gasteiger partial charge in [0.25, 0.3) is 0 Å². The number of hydrogen-bond donors (Lipinski definition) is 2. The van der Waals surface area contributed by atoms with E-state index in [1.165, 1.54) is 0 Å². The Bertz CT molecular complexity index is 857. The highest BCUT2D eigenvalue weighted by atomic mass is 32.2. The smallest absolute Gasteiger partial charge is 0.416 e. The van der Waals surface area contributed by atoms with E-state index in [4.69, 9.17) is 0 Å². The fraction of sp³-hybridized carbons (Fsp3) is 0.333. The van der Waals surface area contributed by atoms with Crippen molar-refractivity contribution in [3.63, 3.8) is 0 Å². The van der Waals surface area contributed by atoms with Gasteiger partial charge in [-0.2, -0.15) is 38.1 Å². The van der Waals surface area contributed by atoms with E-state index in [9.17, 15) is 40.6 Å². The summed E-state index contributed by atoms with van der Waals surface area (Å²) in [6.07, 6.45) is -7.61. The number of aliphatic carboxylic acids is 1. The Kier molecular flexibility index (Phi) is 7.70. The molecule has 12 heteroatoms. The normalized spacial score (nSPS) is 14.4. The third kappa shape index (κ3) is 6.59. The average molecular weight is 456 g/mol. The van der Waals surface area contributed by atoms with Crippen LogP contribution in [0.4, 0.5) is 30.7 Å². The number of carboxylic acids is 1. The lowest BCUT2D eigenvalue weighted by atomic mass is 10.1.